The molecule has 0 radical (unpaired) electrons. The van der Waals surface area contributed by atoms with Gasteiger partial charge in [-0.25, -0.2) is 0 Å². The number of aliphatic imine (C=N–C) groups is 1. The van der Waals surface area contributed by atoms with Crippen molar-refractivity contribution in [2.45, 2.75) is 73.3 Å². The first-order valence-electron chi connectivity index (χ1n) is 15.5. The predicted octanol–water partition coefficient (Wildman–Crippen LogP) is 3.53. The molecule has 0 saturated heterocycles. The number of carbonyl (C=O) groups excluding carboxylic acids is 2. The molecule has 9 nitrogen and oxygen atoms in total. The lowest BCUT2D eigenvalue weighted by molar-refractivity contribution is -0.146. The van der Waals surface area contributed by atoms with Gasteiger partial charge in [0.05, 0.1) is 24.6 Å². The maximum absolute atomic E-state index is 14.0. The molecule has 8 bridgehead atoms. The Hall–Kier alpha value is -4.40. The number of carbonyl (C=O) groups is 3. The number of hydrogen-bond donors (Lipinski definition) is 4. The number of carboxylic acid groups (broad SMARTS) is 1. The highest BCUT2D eigenvalue weighted by atomic mass is 16.5. The lowest BCUT2D eigenvalue weighted by Crippen LogP contribution is -2.32. The van der Waals surface area contributed by atoms with Crippen LogP contribution in [0.5, 0.6) is 0 Å². The molecule has 6 rings (SSSR count). The Morgan fingerprint density at radius 3 is 2.39 bits per heavy atom. The van der Waals surface area contributed by atoms with Crippen LogP contribution in [0, 0.1) is 31.6 Å². The second kappa shape index (κ2) is 10.9. The molecule has 4 N–H and O–H groups in total. The van der Waals surface area contributed by atoms with Gasteiger partial charge in [0.25, 0.3) is 0 Å². The van der Waals surface area contributed by atoms with Crippen LogP contribution in [-0.4, -0.2) is 51.7 Å². The summed E-state index contributed by atoms with van der Waals surface area (Å²) >= 11 is 0. The van der Waals surface area contributed by atoms with Crippen molar-refractivity contribution in [3.8, 4) is 0 Å². The standard InChI is InChI=1S/C35H40N4O5/c1-8-19-15(3)22-12-24-17(5)21(10-11-28(40)41)32(38-24)30-31(35(43)44-7)34(42)29-18(6)25(39-33(29)30)14-27-20(9-2)16(4)23(37-27)13-26(19)36-22/h12-14,17,21,25,31,36-37,39H,8-11H2,1-7H3,(H,40,41)/t17-,21-,25?,31+/m1/s1. The Morgan fingerprint density at radius 1 is 1.00 bits per heavy atom. The quantitative estimate of drug-likeness (QED) is 0.298. The van der Waals surface area contributed by atoms with Crippen LogP contribution in [0.25, 0.3) is 18.2 Å². The Labute approximate surface area is 256 Å². The fourth-order valence-electron chi connectivity index (χ4n) is 7.56. The molecular formula is C35H40N4O5. The molecule has 0 saturated carbocycles. The fourth-order valence-corrected chi connectivity index (χ4v) is 7.56. The normalized spacial score (nSPS) is 23.8. The minimum absolute atomic E-state index is 0.0545. The van der Waals surface area contributed by atoms with E-state index in [4.69, 9.17) is 9.73 Å². The number of carboxylic acids is 1. The Kier molecular flexibility index (Phi) is 7.38. The molecule has 0 aromatic carbocycles. The summed E-state index contributed by atoms with van der Waals surface area (Å²) in [7, 11) is 1.29. The monoisotopic (exact) mass is 596 g/mol. The molecule has 44 heavy (non-hydrogen) atoms. The van der Waals surface area contributed by atoms with Gasteiger partial charge < -0.3 is 25.1 Å². The van der Waals surface area contributed by atoms with Crippen LogP contribution in [0.3, 0.4) is 0 Å². The Morgan fingerprint density at radius 2 is 1.73 bits per heavy atom. The molecule has 1 unspecified atom stereocenters. The average Bonchev–Trinajstić information content (AvgIpc) is 3.72. The molecule has 1 aliphatic carbocycles. The molecule has 5 heterocycles. The number of hydrogen-bond acceptors (Lipinski definition) is 6. The number of methoxy groups -OCH3 is 1. The second-order valence-corrected chi connectivity index (χ2v) is 12.3. The first kappa shape index (κ1) is 29.7. The van der Waals surface area contributed by atoms with Gasteiger partial charge in [0, 0.05) is 57.2 Å². The largest absolute Gasteiger partial charge is 0.481 e. The zero-order valence-corrected chi connectivity index (χ0v) is 26.4. The Balaban J connectivity index is 1.69. The van der Waals surface area contributed by atoms with Gasteiger partial charge in [0.2, 0.25) is 0 Å². The van der Waals surface area contributed by atoms with Crippen LogP contribution in [-0.2, 0) is 32.0 Å². The lowest BCUT2D eigenvalue weighted by atomic mass is 9.81. The molecule has 0 spiro atoms. The van der Waals surface area contributed by atoms with E-state index in [9.17, 15) is 19.5 Å². The van der Waals surface area contributed by atoms with Gasteiger partial charge in [-0.1, -0.05) is 20.8 Å². The van der Waals surface area contributed by atoms with Crippen molar-refractivity contribution in [2.24, 2.45) is 22.7 Å². The van der Waals surface area contributed by atoms with Crippen LogP contribution in [0.2, 0.25) is 0 Å². The third kappa shape index (κ3) is 4.43. The minimum Gasteiger partial charge on any atom is -0.481 e. The molecule has 2 aromatic heterocycles. The Bertz CT molecular complexity index is 1880. The first-order valence-corrected chi connectivity index (χ1v) is 15.5. The van der Waals surface area contributed by atoms with Gasteiger partial charge in [-0.15, -0.1) is 0 Å². The molecule has 0 amide bonds. The highest BCUT2D eigenvalue weighted by Gasteiger charge is 2.51. The van der Waals surface area contributed by atoms with Crippen molar-refractivity contribution >= 4 is 41.7 Å². The van der Waals surface area contributed by atoms with Crippen LogP contribution >= 0.6 is 0 Å². The van der Waals surface area contributed by atoms with Crippen molar-refractivity contribution in [1.82, 2.24) is 15.3 Å². The summed E-state index contributed by atoms with van der Waals surface area (Å²) < 4.78 is 5.15. The number of aromatic nitrogens is 2. The van der Waals surface area contributed by atoms with E-state index in [1.807, 2.05) is 19.9 Å². The van der Waals surface area contributed by atoms with E-state index in [0.717, 1.165) is 51.8 Å². The maximum Gasteiger partial charge on any atom is 0.321 e. The topological polar surface area (TPSA) is 137 Å². The highest BCUT2D eigenvalue weighted by Crippen LogP contribution is 2.46. The number of esters is 1. The number of ether oxygens (including phenoxy) is 1. The number of aliphatic carboxylic acids is 1. The summed E-state index contributed by atoms with van der Waals surface area (Å²) in [5, 5.41) is 15.2. The van der Waals surface area contributed by atoms with E-state index in [0.29, 0.717) is 29.0 Å². The SMILES string of the molecule is CCc1c2[nH]c(c1C)C=C1N=C(C3=C4NC(C=c5[nH]c(c(C)c5CC)=C2)C(C)=C4C(=O)[C@H]3C(=O)OC)[C@H](CCC(=O)O)[C@H]1C. The third-order valence-electron chi connectivity index (χ3n) is 10.1. The lowest BCUT2D eigenvalue weighted by Gasteiger charge is -2.22. The number of Topliss-reactive ketones (excluding diaryl/α,β-unsaturated/α-hetero) is 1. The number of allylic oxidation sites excluding steroid dienone is 2. The number of ketones is 1. The molecule has 3 aliphatic heterocycles. The fraction of sp³-hybridized carbons (Fsp3) is 0.429. The zero-order chi connectivity index (χ0) is 31.6. The van der Waals surface area contributed by atoms with Crippen molar-refractivity contribution in [3.05, 3.63) is 72.5 Å². The second-order valence-electron chi connectivity index (χ2n) is 12.3. The van der Waals surface area contributed by atoms with Crippen LogP contribution < -0.4 is 16.0 Å². The van der Waals surface area contributed by atoms with Crippen LogP contribution in [0.15, 0.2) is 33.1 Å². The van der Waals surface area contributed by atoms with Crippen molar-refractivity contribution < 1.29 is 24.2 Å². The molecule has 2 aromatic rings. The van der Waals surface area contributed by atoms with Gasteiger partial charge in [-0.05, 0) is 86.1 Å². The van der Waals surface area contributed by atoms with E-state index in [1.165, 1.54) is 23.8 Å². The van der Waals surface area contributed by atoms with Crippen molar-refractivity contribution in [3.63, 3.8) is 0 Å². The van der Waals surface area contributed by atoms with E-state index in [1.54, 1.807) is 0 Å². The van der Waals surface area contributed by atoms with E-state index in [-0.39, 0.29) is 30.1 Å². The average molecular weight is 597 g/mol. The van der Waals surface area contributed by atoms with Gasteiger partial charge in [-0.2, -0.15) is 0 Å². The first-order chi connectivity index (χ1) is 21.0. The number of H-pyrrole nitrogens is 2. The number of nitrogens with one attached hydrogen (secondary N) is 3. The van der Waals surface area contributed by atoms with Crippen molar-refractivity contribution in [1.29, 1.82) is 0 Å². The van der Waals surface area contributed by atoms with E-state index >= 15 is 0 Å². The molecular weight excluding hydrogens is 556 g/mol. The predicted molar refractivity (Wildman–Crippen MR) is 169 cm³/mol. The van der Waals surface area contributed by atoms with Gasteiger partial charge in [-0.3, -0.25) is 19.4 Å². The van der Waals surface area contributed by atoms with Crippen LogP contribution in [0.1, 0.15) is 74.2 Å². The molecule has 0 fully saturated rings. The number of aromatic amines is 2. The smallest absolute Gasteiger partial charge is 0.321 e. The summed E-state index contributed by atoms with van der Waals surface area (Å²) in [5.41, 5.74) is 10.5. The molecule has 4 atom stereocenters. The van der Waals surface area contributed by atoms with Gasteiger partial charge in [0.1, 0.15) is 5.92 Å². The van der Waals surface area contributed by atoms with Gasteiger partial charge in [0.15, 0.2) is 5.78 Å². The summed E-state index contributed by atoms with van der Waals surface area (Å²) in [4.78, 5) is 51.4. The number of nitrogens with zero attached hydrogens (tertiary/aromatic N) is 1. The summed E-state index contributed by atoms with van der Waals surface area (Å²) in [5.74, 6) is -3.44. The van der Waals surface area contributed by atoms with Crippen molar-refractivity contribution in [2.75, 3.05) is 7.11 Å². The van der Waals surface area contributed by atoms with Gasteiger partial charge >= 0.3 is 11.9 Å². The maximum atomic E-state index is 14.0. The van der Waals surface area contributed by atoms with E-state index < -0.39 is 17.9 Å². The summed E-state index contributed by atoms with van der Waals surface area (Å²) in [6.45, 7) is 12.5. The zero-order valence-electron chi connectivity index (χ0n) is 26.4. The summed E-state index contributed by atoms with van der Waals surface area (Å²) in [6, 6.07) is -0.279. The third-order valence-corrected chi connectivity index (χ3v) is 10.1. The molecule has 230 valence electrons. The summed E-state index contributed by atoms with van der Waals surface area (Å²) in [6.07, 6.45) is 8.31. The number of rotatable bonds is 6. The highest BCUT2D eigenvalue weighted by molar-refractivity contribution is 6.26. The molecule has 4 aliphatic rings. The molecule has 9 heteroatoms. The minimum atomic E-state index is -1.16. The van der Waals surface area contributed by atoms with E-state index in [2.05, 4.69) is 55.1 Å². The van der Waals surface area contributed by atoms with Crippen LogP contribution in [0.4, 0.5) is 0 Å². The number of fused-ring (bicyclic) bond motifs is 7.